The van der Waals surface area contributed by atoms with Crippen LogP contribution in [0.3, 0.4) is 0 Å². The fourth-order valence-corrected chi connectivity index (χ4v) is 1.99. The summed E-state index contributed by atoms with van der Waals surface area (Å²) in [5, 5.41) is 0. The molecular formula is C14H19N2O2Y-. The summed E-state index contributed by atoms with van der Waals surface area (Å²) in [7, 11) is 1.82. The van der Waals surface area contributed by atoms with Gasteiger partial charge in [0.25, 0.3) is 0 Å². The summed E-state index contributed by atoms with van der Waals surface area (Å²) >= 11 is 0. The zero-order valence-electron chi connectivity index (χ0n) is 11.7. The van der Waals surface area contributed by atoms with Gasteiger partial charge in [0.2, 0.25) is 5.91 Å². The molecule has 1 amide bonds. The van der Waals surface area contributed by atoms with Crippen LogP contribution in [0.15, 0.2) is 12.3 Å². The third-order valence-electron chi connectivity index (χ3n) is 3.37. The van der Waals surface area contributed by atoms with E-state index in [1.54, 1.807) is 17.2 Å². The minimum atomic E-state index is 0. The molecular weight excluding hydrogens is 317 g/mol. The van der Waals surface area contributed by atoms with E-state index in [2.05, 4.69) is 24.9 Å². The fraction of sp³-hybridized carbons (Fsp3) is 0.571. The van der Waals surface area contributed by atoms with Gasteiger partial charge < -0.3 is 14.6 Å². The first-order chi connectivity index (χ1) is 8.58. The fourth-order valence-electron chi connectivity index (χ4n) is 1.99. The molecule has 1 radical (unpaired) electrons. The summed E-state index contributed by atoms with van der Waals surface area (Å²) in [5.41, 5.74) is 1.08. The topological polar surface area (TPSA) is 42.4 Å². The molecule has 19 heavy (non-hydrogen) atoms. The van der Waals surface area contributed by atoms with Crippen molar-refractivity contribution in [3.8, 4) is 5.88 Å². The van der Waals surface area contributed by atoms with E-state index in [1.807, 2.05) is 7.05 Å². The van der Waals surface area contributed by atoms with Crippen molar-refractivity contribution in [2.24, 2.45) is 0 Å². The molecule has 1 unspecified atom stereocenters. The number of amides is 1. The van der Waals surface area contributed by atoms with Crippen LogP contribution in [0.4, 0.5) is 0 Å². The minimum Gasteiger partial charge on any atom is -0.532 e. The molecule has 0 aromatic carbocycles. The average molecular weight is 336 g/mol. The predicted molar refractivity (Wildman–Crippen MR) is 68.4 cm³/mol. The zero-order valence-corrected chi connectivity index (χ0v) is 14.6. The van der Waals surface area contributed by atoms with Gasteiger partial charge in [-0.3, -0.25) is 4.79 Å². The standard InChI is InChI=1S/C14H19N2O2.Y/c1-10(2)11-4-6-13(15-8-11)18-9-12-5-7-14(17)16(12)3;/h6,8,10,12H,5,7,9H2,1-3H3;/q-1;. The molecule has 5 heteroatoms. The molecule has 1 aliphatic heterocycles. The number of likely N-dealkylation sites (N-methyl/N-ethyl adjacent to an activating group) is 1. The normalized spacial score (nSPS) is 18.6. The Labute approximate surface area is 139 Å². The predicted octanol–water partition coefficient (Wildman–Crippen LogP) is 2.00. The Morgan fingerprint density at radius 3 is 2.79 bits per heavy atom. The van der Waals surface area contributed by atoms with Gasteiger partial charge in [-0.1, -0.05) is 20.0 Å². The Bertz CT molecular complexity index is 420. The summed E-state index contributed by atoms with van der Waals surface area (Å²) < 4.78 is 5.61. The molecule has 0 saturated carbocycles. The van der Waals surface area contributed by atoms with Crippen molar-refractivity contribution in [2.75, 3.05) is 13.7 Å². The van der Waals surface area contributed by atoms with E-state index in [0.717, 1.165) is 12.0 Å². The smallest absolute Gasteiger partial charge is 0.222 e. The van der Waals surface area contributed by atoms with E-state index in [4.69, 9.17) is 4.74 Å². The Morgan fingerprint density at radius 2 is 2.32 bits per heavy atom. The maximum Gasteiger partial charge on any atom is 0.222 e. The van der Waals surface area contributed by atoms with Crippen molar-refractivity contribution < 1.29 is 42.2 Å². The third-order valence-corrected chi connectivity index (χ3v) is 3.37. The first-order valence-corrected chi connectivity index (χ1v) is 6.34. The maximum absolute atomic E-state index is 11.4. The second-order valence-corrected chi connectivity index (χ2v) is 5.00. The van der Waals surface area contributed by atoms with Crippen LogP contribution in [-0.2, 0) is 37.5 Å². The monoisotopic (exact) mass is 336 g/mol. The minimum absolute atomic E-state index is 0. The van der Waals surface area contributed by atoms with E-state index >= 15 is 0 Å². The van der Waals surface area contributed by atoms with Gasteiger partial charge in [0.15, 0.2) is 0 Å². The van der Waals surface area contributed by atoms with Gasteiger partial charge in [-0.05, 0) is 12.3 Å². The number of aromatic nitrogens is 1. The third kappa shape index (κ3) is 4.25. The molecule has 1 aromatic heterocycles. The van der Waals surface area contributed by atoms with Crippen LogP contribution in [0.2, 0.25) is 0 Å². The number of hydrogen-bond donors (Lipinski definition) is 0. The van der Waals surface area contributed by atoms with E-state index in [9.17, 15) is 4.79 Å². The first-order valence-electron chi connectivity index (χ1n) is 6.34. The van der Waals surface area contributed by atoms with E-state index in [0.29, 0.717) is 24.8 Å². The quantitative estimate of drug-likeness (QED) is 0.790. The molecule has 1 aromatic rings. The summed E-state index contributed by atoms with van der Waals surface area (Å²) in [5.74, 6) is 1.19. The van der Waals surface area contributed by atoms with Gasteiger partial charge in [-0.2, -0.15) is 6.07 Å². The van der Waals surface area contributed by atoms with Crippen molar-refractivity contribution in [2.45, 2.75) is 38.6 Å². The molecule has 2 rings (SSSR count). The maximum atomic E-state index is 11.4. The molecule has 1 aliphatic rings. The summed E-state index contributed by atoms with van der Waals surface area (Å²) in [6.45, 7) is 4.71. The Morgan fingerprint density at radius 1 is 1.58 bits per heavy atom. The van der Waals surface area contributed by atoms with Gasteiger partial charge in [-0.25, -0.2) is 0 Å². The number of carbonyl (C=O) groups is 1. The van der Waals surface area contributed by atoms with Crippen LogP contribution < -0.4 is 4.74 Å². The molecule has 1 fully saturated rings. The summed E-state index contributed by atoms with van der Waals surface area (Å²) in [6.07, 6.45) is 3.28. The number of ether oxygens (including phenoxy) is 1. The average Bonchev–Trinajstić information content (AvgIpc) is 2.68. The van der Waals surface area contributed by atoms with Gasteiger partial charge in [-0.15, -0.1) is 11.6 Å². The van der Waals surface area contributed by atoms with Crippen LogP contribution in [-0.4, -0.2) is 35.5 Å². The van der Waals surface area contributed by atoms with Gasteiger partial charge in [0, 0.05) is 46.2 Å². The van der Waals surface area contributed by atoms with Gasteiger partial charge in [0.1, 0.15) is 0 Å². The molecule has 101 valence electrons. The van der Waals surface area contributed by atoms with Crippen LogP contribution in [0.25, 0.3) is 0 Å². The first kappa shape index (κ1) is 16.6. The molecule has 0 bridgehead atoms. The zero-order chi connectivity index (χ0) is 13.1. The van der Waals surface area contributed by atoms with Crippen molar-refractivity contribution in [3.05, 3.63) is 23.9 Å². The molecule has 0 N–H and O–H groups in total. The molecule has 2 heterocycles. The summed E-state index contributed by atoms with van der Waals surface area (Å²) in [6, 6.07) is 5.10. The number of rotatable bonds is 4. The number of pyridine rings is 1. The van der Waals surface area contributed by atoms with Crippen molar-refractivity contribution in [1.29, 1.82) is 0 Å². The second kappa shape index (κ2) is 7.34. The number of carbonyl (C=O) groups excluding carboxylic acids is 1. The Hall–Kier alpha value is -0.476. The summed E-state index contributed by atoms with van der Waals surface area (Å²) in [4.78, 5) is 17.4. The van der Waals surface area contributed by atoms with Gasteiger partial charge in [0.05, 0.1) is 18.5 Å². The molecule has 0 aliphatic carbocycles. The van der Waals surface area contributed by atoms with E-state index in [-0.39, 0.29) is 44.7 Å². The molecule has 1 atom stereocenters. The van der Waals surface area contributed by atoms with Crippen LogP contribution in [0, 0.1) is 6.07 Å². The van der Waals surface area contributed by atoms with Gasteiger partial charge >= 0.3 is 0 Å². The van der Waals surface area contributed by atoms with E-state index in [1.165, 1.54) is 0 Å². The molecule has 0 spiro atoms. The van der Waals surface area contributed by atoms with Crippen LogP contribution >= 0.6 is 0 Å². The molecule has 1 saturated heterocycles. The second-order valence-electron chi connectivity index (χ2n) is 5.00. The largest absolute Gasteiger partial charge is 0.532 e. The van der Waals surface area contributed by atoms with E-state index < -0.39 is 0 Å². The number of likely N-dealkylation sites (tertiary alicyclic amines) is 1. The van der Waals surface area contributed by atoms with Crippen molar-refractivity contribution >= 4 is 5.91 Å². The van der Waals surface area contributed by atoms with Crippen molar-refractivity contribution in [3.63, 3.8) is 0 Å². The number of hydrogen-bond acceptors (Lipinski definition) is 3. The molecule has 4 nitrogen and oxygen atoms in total. The number of nitrogens with zero attached hydrogens (tertiary/aromatic N) is 2. The van der Waals surface area contributed by atoms with Crippen LogP contribution in [0.5, 0.6) is 5.88 Å². The van der Waals surface area contributed by atoms with Crippen LogP contribution in [0.1, 0.15) is 38.2 Å². The Balaban J connectivity index is 0.00000180. The Kier molecular flexibility index (Phi) is 6.41. The van der Waals surface area contributed by atoms with Crippen molar-refractivity contribution in [1.82, 2.24) is 9.88 Å². The SMILES string of the molecule is CC(C)c1[c-]cc(OCC2CCC(=O)N2C)nc1.[Y].